The highest BCUT2D eigenvalue weighted by Crippen LogP contribution is 2.21. The minimum absolute atomic E-state index is 0.266. The highest BCUT2D eigenvalue weighted by molar-refractivity contribution is 5.47. The Morgan fingerprint density at radius 1 is 1.37 bits per heavy atom. The molecule has 0 atom stereocenters. The summed E-state index contributed by atoms with van der Waals surface area (Å²) in [6, 6.07) is 4.80. The summed E-state index contributed by atoms with van der Waals surface area (Å²) in [6.45, 7) is 4.64. The maximum Gasteiger partial charge on any atom is 0.167 e. The third-order valence-corrected chi connectivity index (χ3v) is 2.87. The van der Waals surface area contributed by atoms with Crippen molar-refractivity contribution in [2.24, 2.45) is 7.05 Å². The predicted molar refractivity (Wildman–Crippen MR) is 70.6 cm³/mol. The minimum atomic E-state index is -0.374. The van der Waals surface area contributed by atoms with E-state index < -0.39 is 0 Å². The van der Waals surface area contributed by atoms with E-state index in [9.17, 15) is 4.39 Å². The molecule has 2 aromatic rings. The van der Waals surface area contributed by atoms with Crippen LogP contribution in [-0.2, 0) is 13.6 Å². The van der Waals surface area contributed by atoms with Gasteiger partial charge in [-0.15, -0.1) is 10.2 Å². The van der Waals surface area contributed by atoms with Crippen LogP contribution in [0.5, 0.6) is 5.75 Å². The molecule has 0 fully saturated rings. The lowest BCUT2D eigenvalue weighted by molar-refractivity contribution is 0.321. The van der Waals surface area contributed by atoms with Crippen LogP contribution in [0, 0.1) is 12.7 Å². The molecule has 0 aliphatic carbocycles. The summed E-state index contributed by atoms with van der Waals surface area (Å²) in [5.41, 5.74) is 0.682. The van der Waals surface area contributed by atoms with E-state index in [1.54, 1.807) is 12.1 Å². The first kappa shape index (κ1) is 13.3. The molecule has 0 saturated heterocycles. The van der Waals surface area contributed by atoms with E-state index in [-0.39, 0.29) is 11.6 Å². The quantitative estimate of drug-likeness (QED) is 0.900. The molecule has 1 aromatic carbocycles. The topological polar surface area (TPSA) is 52.0 Å². The molecule has 0 bridgehead atoms. The molecule has 0 amide bonds. The minimum Gasteiger partial charge on any atom is -0.491 e. The Labute approximate surface area is 111 Å². The molecule has 0 aliphatic heterocycles. The van der Waals surface area contributed by atoms with Crippen LogP contribution in [0.4, 0.5) is 10.1 Å². The van der Waals surface area contributed by atoms with Gasteiger partial charge in [0.05, 0.1) is 13.2 Å². The first-order valence-electron chi connectivity index (χ1n) is 6.13. The molecule has 2 rings (SSSR count). The number of rotatable bonds is 5. The lowest BCUT2D eigenvalue weighted by Crippen LogP contribution is -2.07. The first-order valence-corrected chi connectivity index (χ1v) is 6.13. The molecular weight excluding hydrogens is 247 g/mol. The van der Waals surface area contributed by atoms with Crippen LogP contribution < -0.4 is 10.1 Å². The predicted octanol–water partition coefficient (Wildman–Crippen LogP) is 2.27. The van der Waals surface area contributed by atoms with E-state index in [1.807, 2.05) is 25.5 Å². The first-order chi connectivity index (χ1) is 9.11. The average Bonchev–Trinajstić information content (AvgIpc) is 2.71. The largest absolute Gasteiger partial charge is 0.491 e. The highest BCUT2D eigenvalue weighted by Gasteiger charge is 2.07. The van der Waals surface area contributed by atoms with Crippen molar-refractivity contribution in [3.8, 4) is 5.75 Å². The molecule has 102 valence electrons. The van der Waals surface area contributed by atoms with E-state index in [4.69, 9.17) is 4.74 Å². The molecule has 0 aliphatic rings. The second-order valence-electron chi connectivity index (χ2n) is 4.15. The SMILES string of the molecule is CCOc1ccc(NCc2nnc(C)n2C)cc1F. The summed E-state index contributed by atoms with van der Waals surface area (Å²) in [5, 5.41) is 11.1. The summed E-state index contributed by atoms with van der Waals surface area (Å²) >= 11 is 0. The van der Waals surface area contributed by atoms with Crippen LogP contribution in [-0.4, -0.2) is 21.4 Å². The van der Waals surface area contributed by atoms with Crippen LogP contribution in [0.25, 0.3) is 0 Å². The number of hydrogen-bond acceptors (Lipinski definition) is 4. The molecular formula is C13H17FN4O. The molecule has 6 heteroatoms. The van der Waals surface area contributed by atoms with Crippen molar-refractivity contribution in [3.05, 3.63) is 35.7 Å². The second-order valence-corrected chi connectivity index (χ2v) is 4.15. The van der Waals surface area contributed by atoms with Crippen molar-refractivity contribution in [1.82, 2.24) is 14.8 Å². The number of aromatic nitrogens is 3. The van der Waals surface area contributed by atoms with Crippen molar-refractivity contribution in [2.75, 3.05) is 11.9 Å². The zero-order valence-electron chi connectivity index (χ0n) is 11.3. The smallest absolute Gasteiger partial charge is 0.167 e. The average molecular weight is 264 g/mol. The van der Waals surface area contributed by atoms with Gasteiger partial charge in [-0.05, 0) is 26.0 Å². The molecule has 1 heterocycles. The van der Waals surface area contributed by atoms with Crippen molar-refractivity contribution in [3.63, 3.8) is 0 Å². The van der Waals surface area contributed by atoms with Gasteiger partial charge < -0.3 is 14.6 Å². The van der Waals surface area contributed by atoms with Crippen LogP contribution in [0.1, 0.15) is 18.6 Å². The maximum atomic E-state index is 13.6. The van der Waals surface area contributed by atoms with Gasteiger partial charge in [-0.1, -0.05) is 0 Å². The van der Waals surface area contributed by atoms with Crippen LogP contribution in [0.15, 0.2) is 18.2 Å². The van der Waals surface area contributed by atoms with Crippen molar-refractivity contribution in [2.45, 2.75) is 20.4 Å². The summed E-state index contributed by atoms with van der Waals surface area (Å²) < 4.78 is 20.7. The van der Waals surface area contributed by atoms with Crippen molar-refractivity contribution in [1.29, 1.82) is 0 Å². The third kappa shape index (κ3) is 3.01. The van der Waals surface area contributed by atoms with E-state index in [0.29, 0.717) is 18.8 Å². The van der Waals surface area contributed by atoms with Gasteiger partial charge in [-0.25, -0.2) is 4.39 Å². The number of nitrogens with one attached hydrogen (secondary N) is 1. The van der Waals surface area contributed by atoms with Crippen LogP contribution >= 0.6 is 0 Å². The van der Waals surface area contributed by atoms with Gasteiger partial charge in [0, 0.05) is 18.8 Å². The molecule has 0 radical (unpaired) electrons. The summed E-state index contributed by atoms with van der Waals surface area (Å²) in [7, 11) is 1.89. The highest BCUT2D eigenvalue weighted by atomic mass is 19.1. The van der Waals surface area contributed by atoms with E-state index in [2.05, 4.69) is 15.5 Å². The Bertz CT molecular complexity index is 568. The number of aryl methyl sites for hydroxylation is 1. The Balaban J connectivity index is 2.04. The van der Waals surface area contributed by atoms with Gasteiger partial charge >= 0.3 is 0 Å². The number of benzene rings is 1. The number of anilines is 1. The van der Waals surface area contributed by atoms with Gasteiger partial charge in [0.25, 0.3) is 0 Å². The molecule has 1 aromatic heterocycles. The summed E-state index contributed by atoms with van der Waals surface area (Å²) in [5.74, 6) is 1.53. The van der Waals surface area contributed by atoms with Crippen LogP contribution in [0.2, 0.25) is 0 Å². The lowest BCUT2D eigenvalue weighted by Gasteiger charge is -2.09. The normalized spacial score (nSPS) is 10.5. The summed E-state index contributed by atoms with van der Waals surface area (Å²) in [4.78, 5) is 0. The summed E-state index contributed by atoms with van der Waals surface area (Å²) in [6.07, 6.45) is 0. The Morgan fingerprint density at radius 3 is 2.74 bits per heavy atom. The molecule has 0 unspecified atom stereocenters. The number of nitrogens with zero attached hydrogens (tertiary/aromatic N) is 3. The van der Waals surface area contributed by atoms with E-state index >= 15 is 0 Å². The van der Waals surface area contributed by atoms with Crippen molar-refractivity contribution >= 4 is 5.69 Å². The van der Waals surface area contributed by atoms with Crippen LogP contribution in [0.3, 0.4) is 0 Å². The van der Waals surface area contributed by atoms with Gasteiger partial charge in [0.1, 0.15) is 5.82 Å². The maximum absolute atomic E-state index is 13.6. The Kier molecular flexibility index (Phi) is 3.99. The number of ether oxygens (including phenoxy) is 1. The second kappa shape index (κ2) is 5.69. The standard InChI is InChI=1S/C13H17FN4O/c1-4-19-12-6-5-10(7-11(12)14)15-8-13-17-16-9(2)18(13)3/h5-7,15H,4,8H2,1-3H3. The van der Waals surface area contributed by atoms with Crippen molar-refractivity contribution < 1.29 is 9.13 Å². The molecule has 19 heavy (non-hydrogen) atoms. The number of halogens is 1. The Morgan fingerprint density at radius 2 is 2.16 bits per heavy atom. The zero-order chi connectivity index (χ0) is 13.8. The van der Waals surface area contributed by atoms with Gasteiger partial charge in [0.15, 0.2) is 17.4 Å². The monoisotopic (exact) mass is 264 g/mol. The number of hydrogen-bond donors (Lipinski definition) is 1. The van der Waals surface area contributed by atoms with Gasteiger partial charge in [-0.3, -0.25) is 0 Å². The fourth-order valence-corrected chi connectivity index (χ4v) is 1.67. The molecule has 0 spiro atoms. The fraction of sp³-hybridized carbons (Fsp3) is 0.385. The fourth-order valence-electron chi connectivity index (χ4n) is 1.67. The van der Waals surface area contributed by atoms with E-state index in [1.165, 1.54) is 6.07 Å². The third-order valence-electron chi connectivity index (χ3n) is 2.87. The molecule has 0 saturated carbocycles. The van der Waals surface area contributed by atoms with E-state index in [0.717, 1.165) is 11.6 Å². The molecule has 5 nitrogen and oxygen atoms in total. The van der Waals surface area contributed by atoms with Gasteiger partial charge in [-0.2, -0.15) is 0 Å². The van der Waals surface area contributed by atoms with Gasteiger partial charge in [0.2, 0.25) is 0 Å². The lowest BCUT2D eigenvalue weighted by atomic mass is 10.3. The Hall–Kier alpha value is -2.11. The molecule has 1 N–H and O–H groups in total. The zero-order valence-corrected chi connectivity index (χ0v) is 11.3.